The smallest absolute Gasteiger partial charge is 0.250 e. The van der Waals surface area contributed by atoms with Crippen molar-refractivity contribution in [2.75, 3.05) is 6.54 Å². The van der Waals surface area contributed by atoms with Crippen LogP contribution in [-0.2, 0) is 0 Å². The molecule has 1 heterocycles. The molecule has 0 aliphatic carbocycles. The Morgan fingerprint density at radius 3 is 3.00 bits per heavy atom. The Kier molecular flexibility index (Phi) is 2.67. The number of aromatic nitrogens is 1. The normalized spacial score (nSPS) is 8.83. The minimum absolute atomic E-state index is 0.0756. The van der Waals surface area contributed by atoms with Crippen LogP contribution >= 0.6 is 0 Å². The minimum Gasteiger partial charge on any atom is -0.328 e. The van der Waals surface area contributed by atoms with Crippen LogP contribution in [-0.4, -0.2) is 11.5 Å². The van der Waals surface area contributed by atoms with Crippen LogP contribution in [0.5, 0.6) is 0 Å². The molecule has 1 rings (SSSR count). The van der Waals surface area contributed by atoms with Gasteiger partial charge in [-0.3, -0.25) is 4.79 Å². The van der Waals surface area contributed by atoms with Gasteiger partial charge in [0.1, 0.15) is 0 Å². The molecule has 0 spiro atoms. The zero-order chi connectivity index (χ0) is 8.97. The molecule has 0 atom stereocenters. The summed E-state index contributed by atoms with van der Waals surface area (Å²) in [5.74, 6) is 5.53. The average Bonchev–Trinajstić information content (AvgIpc) is 2.07. The molecule has 0 aliphatic rings. The highest BCUT2D eigenvalue weighted by Gasteiger charge is 1.92. The van der Waals surface area contributed by atoms with Crippen LogP contribution in [0.4, 0.5) is 0 Å². The molecule has 0 amide bonds. The van der Waals surface area contributed by atoms with Crippen LogP contribution in [0.25, 0.3) is 0 Å². The van der Waals surface area contributed by atoms with Gasteiger partial charge >= 0.3 is 0 Å². The van der Waals surface area contributed by atoms with Crippen molar-refractivity contribution in [1.82, 2.24) is 4.98 Å². The second kappa shape index (κ2) is 3.74. The highest BCUT2D eigenvalue weighted by molar-refractivity contribution is 5.33. The third-order valence-electron chi connectivity index (χ3n) is 1.42. The van der Waals surface area contributed by atoms with Crippen LogP contribution in [0, 0.1) is 18.8 Å². The van der Waals surface area contributed by atoms with Crippen molar-refractivity contribution < 1.29 is 0 Å². The predicted octanol–water partition coefficient (Wildman–Crippen LogP) is -0.00648. The SMILES string of the molecule is Cc1cc(C#CCN)c[nH]c1=O. The van der Waals surface area contributed by atoms with Gasteiger partial charge in [-0.25, -0.2) is 0 Å². The molecule has 3 N–H and O–H groups in total. The summed E-state index contributed by atoms with van der Waals surface area (Å²) < 4.78 is 0. The third kappa shape index (κ3) is 1.97. The molecule has 0 radical (unpaired) electrons. The maximum absolute atomic E-state index is 10.9. The lowest BCUT2D eigenvalue weighted by Crippen LogP contribution is -2.08. The average molecular weight is 162 g/mol. The molecule has 3 nitrogen and oxygen atoms in total. The van der Waals surface area contributed by atoms with Gasteiger partial charge in [0.05, 0.1) is 6.54 Å². The quantitative estimate of drug-likeness (QED) is 0.527. The van der Waals surface area contributed by atoms with Gasteiger partial charge in [-0.05, 0) is 13.0 Å². The largest absolute Gasteiger partial charge is 0.328 e. The van der Waals surface area contributed by atoms with Gasteiger partial charge in [-0.2, -0.15) is 0 Å². The summed E-state index contributed by atoms with van der Waals surface area (Å²) >= 11 is 0. The van der Waals surface area contributed by atoms with Crippen LogP contribution in [0.15, 0.2) is 17.1 Å². The number of H-pyrrole nitrogens is 1. The van der Waals surface area contributed by atoms with Gasteiger partial charge in [0.2, 0.25) is 0 Å². The molecule has 0 saturated carbocycles. The molecular weight excluding hydrogens is 152 g/mol. The van der Waals surface area contributed by atoms with E-state index in [4.69, 9.17) is 5.73 Å². The predicted molar refractivity (Wildman–Crippen MR) is 47.7 cm³/mol. The molecule has 0 fully saturated rings. The van der Waals surface area contributed by atoms with Crippen LogP contribution in [0.1, 0.15) is 11.1 Å². The first-order valence-corrected chi connectivity index (χ1v) is 3.62. The van der Waals surface area contributed by atoms with Crippen LogP contribution in [0.2, 0.25) is 0 Å². The van der Waals surface area contributed by atoms with E-state index in [1.807, 2.05) is 0 Å². The highest BCUT2D eigenvalue weighted by Crippen LogP contribution is 1.93. The minimum atomic E-state index is -0.0756. The van der Waals surface area contributed by atoms with Gasteiger partial charge in [0.15, 0.2) is 0 Å². The number of aromatic amines is 1. The Labute approximate surface area is 70.6 Å². The summed E-state index contributed by atoms with van der Waals surface area (Å²) in [4.78, 5) is 13.5. The Bertz CT molecular complexity index is 381. The summed E-state index contributed by atoms with van der Waals surface area (Å²) in [7, 11) is 0. The fourth-order valence-corrected chi connectivity index (χ4v) is 0.823. The first-order chi connectivity index (χ1) is 5.74. The molecule has 3 heteroatoms. The number of hydrogen-bond acceptors (Lipinski definition) is 2. The molecule has 1 aromatic heterocycles. The first-order valence-electron chi connectivity index (χ1n) is 3.62. The Morgan fingerprint density at radius 1 is 1.67 bits per heavy atom. The number of nitrogens with two attached hydrogens (primary N) is 1. The highest BCUT2D eigenvalue weighted by atomic mass is 16.1. The van der Waals surface area contributed by atoms with E-state index in [1.165, 1.54) is 0 Å². The number of aryl methyl sites for hydroxylation is 1. The van der Waals surface area contributed by atoms with E-state index in [2.05, 4.69) is 16.8 Å². The molecular formula is C9H10N2O. The summed E-state index contributed by atoms with van der Waals surface area (Å²) in [6, 6.07) is 1.74. The van der Waals surface area contributed by atoms with E-state index in [0.29, 0.717) is 12.1 Å². The number of nitrogens with one attached hydrogen (secondary N) is 1. The summed E-state index contributed by atoms with van der Waals surface area (Å²) in [5, 5.41) is 0. The van der Waals surface area contributed by atoms with Gasteiger partial charge in [-0.1, -0.05) is 11.8 Å². The monoisotopic (exact) mass is 162 g/mol. The van der Waals surface area contributed by atoms with Crippen molar-refractivity contribution in [2.45, 2.75) is 6.92 Å². The number of hydrogen-bond donors (Lipinski definition) is 2. The summed E-state index contributed by atoms with van der Waals surface area (Å²) in [6.07, 6.45) is 1.58. The van der Waals surface area contributed by atoms with E-state index in [1.54, 1.807) is 19.2 Å². The second-order valence-electron chi connectivity index (χ2n) is 2.41. The van der Waals surface area contributed by atoms with Crippen molar-refractivity contribution in [3.8, 4) is 11.8 Å². The standard InChI is InChI=1S/C9H10N2O/c1-7-5-8(3-2-4-10)6-11-9(7)12/h5-6H,4,10H2,1H3,(H,11,12). The van der Waals surface area contributed by atoms with Crippen molar-refractivity contribution in [3.05, 3.63) is 33.7 Å². The second-order valence-corrected chi connectivity index (χ2v) is 2.41. The van der Waals surface area contributed by atoms with Crippen molar-refractivity contribution in [3.63, 3.8) is 0 Å². The van der Waals surface area contributed by atoms with Gasteiger partial charge in [0.25, 0.3) is 5.56 Å². The van der Waals surface area contributed by atoms with Crippen molar-refractivity contribution in [1.29, 1.82) is 0 Å². The molecule has 0 aliphatic heterocycles. The molecule has 0 unspecified atom stereocenters. The van der Waals surface area contributed by atoms with E-state index in [9.17, 15) is 4.79 Å². The Morgan fingerprint density at radius 2 is 2.42 bits per heavy atom. The van der Waals surface area contributed by atoms with E-state index in [0.717, 1.165) is 5.56 Å². The molecule has 1 aromatic rings. The molecule has 62 valence electrons. The van der Waals surface area contributed by atoms with Gasteiger partial charge in [-0.15, -0.1) is 0 Å². The Balaban J connectivity index is 3.05. The molecule has 0 aromatic carbocycles. The fraction of sp³-hybridized carbons (Fsp3) is 0.222. The summed E-state index contributed by atoms with van der Waals surface area (Å²) in [6.45, 7) is 2.07. The lowest BCUT2D eigenvalue weighted by Gasteiger charge is -1.91. The lowest BCUT2D eigenvalue weighted by atomic mass is 10.2. The first kappa shape index (κ1) is 8.57. The van der Waals surface area contributed by atoms with Crippen LogP contribution in [0.3, 0.4) is 0 Å². The van der Waals surface area contributed by atoms with Crippen molar-refractivity contribution >= 4 is 0 Å². The van der Waals surface area contributed by atoms with Gasteiger partial charge < -0.3 is 10.7 Å². The lowest BCUT2D eigenvalue weighted by molar-refractivity contribution is 1.17. The maximum Gasteiger partial charge on any atom is 0.250 e. The Hall–Kier alpha value is -1.53. The van der Waals surface area contributed by atoms with E-state index < -0.39 is 0 Å². The number of rotatable bonds is 0. The van der Waals surface area contributed by atoms with Crippen molar-refractivity contribution in [2.24, 2.45) is 5.73 Å². The maximum atomic E-state index is 10.9. The fourth-order valence-electron chi connectivity index (χ4n) is 0.823. The molecule has 0 saturated heterocycles. The zero-order valence-electron chi connectivity index (χ0n) is 6.85. The zero-order valence-corrected chi connectivity index (χ0v) is 6.85. The van der Waals surface area contributed by atoms with Crippen LogP contribution < -0.4 is 11.3 Å². The topological polar surface area (TPSA) is 58.9 Å². The summed E-state index contributed by atoms with van der Waals surface area (Å²) in [5.41, 5.74) is 6.58. The molecule has 12 heavy (non-hydrogen) atoms. The third-order valence-corrected chi connectivity index (χ3v) is 1.42. The van der Waals surface area contributed by atoms with E-state index >= 15 is 0 Å². The van der Waals surface area contributed by atoms with Gasteiger partial charge in [0, 0.05) is 17.3 Å². The number of pyridine rings is 1. The van der Waals surface area contributed by atoms with E-state index in [-0.39, 0.29) is 5.56 Å². The molecule has 0 bridgehead atoms.